The molecule has 14 heavy (non-hydrogen) atoms. The number of rotatable bonds is 8. The Balaban J connectivity index is 3.60. The molecule has 0 rings (SSSR count). The van der Waals surface area contributed by atoms with Gasteiger partial charge >= 0.3 is 0 Å². The van der Waals surface area contributed by atoms with E-state index < -0.39 is 0 Å². The van der Waals surface area contributed by atoms with Crippen molar-refractivity contribution in [1.29, 1.82) is 0 Å². The zero-order valence-electron chi connectivity index (χ0n) is 10.5. The molecule has 0 spiro atoms. The Bertz CT molecular complexity index is 134. The van der Waals surface area contributed by atoms with Crippen molar-refractivity contribution < 1.29 is 4.74 Å². The van der Waals surface area contributed by atoms with Crippen LogP contribution in [0.15, 0.2) is 0 Å². The third-order valence-electron chi connectivity index (χ3n) is 2.70. The lowest BCUT2D eigenvalue weighted by Crippen LogP contribution is -2.28. The maximum atomic E-state index is 5.34. The second-order valence-electron chi connectivity index (χ2n) is 4.86. The molecule has 2 nitrogen and oxygen atoms in total. The van der Waals surface area contributed by atoms with Gasteiger partial charge in [0.15, 0.2) is 0 Å². The minimum atomic E-state index is 0.430. The van der Waals surface area contributed by atoms with Gasteiger partial charge in [0.25, 0.3) is 0 Å². The molecule has 0 heterocycles. The van der Waals surface area contributed by atoms with Gasteiger partial charge in [0.2, 0.25) is 0 Å². The summed E-state index contributed by atoms with van der Waals surface area (Å²) in [6.45, 7) is 10.7. The predicted octanol–water partition coefficient (Wildman–Crippen LogP) is 2.83. The first-order valence-electron chi connectivity index (χ1n) is 5.77. The average molecular weight is 201 g/mol. The second kappa shape index (κ2) is 7.24. The van der Waals surface area contributed by atoms with E-state index in [-0.39, 0.29) is 0 Å². The Kier molecular flexibility index (Phi) is 7.20. The number of nitrogens with one attached hydrogen (secondary N) is 1. The monoisotopic (exact) mass is 201 g/mol. The molecule has 1 atom stereocenters. The third kappa shape index (κ3) is 7.34. The van der Waals surface area contributed by atoms with Crippen LogP contribution in [0.4, 0.5) is 0 Å². The lowest BCUT2D eigenvalue weighted by Gasteiger charge is -2.27. The van der Waals surface area contributed by atoms with E-state index in [0.717, 1.165) is 13.2 Å². The minimum Gasteiger partial charge on any atom is -0.382 e. The summed E-state index contributed by atoms with van der Waals surface area (Å²) in [6.07, 6.45) is 3.66. The van der Waals surface area contributed by atoms with Crippen molar-refractivity contribution in [3.05, 3.63) is 0 Å². The molecule has 1 N–H and O–H groups in total. The number of hydrogen-bond acceptors (Lipinski definition) is 2. The van der Waals surface area contributed by atoms with Crippen LogP contribution in [0.25, 0.3) is 0 Å². The van der Waals surface area contributed by atoms with E-state index in [2.05, 4.69) is 26.1 Å². The molecule has 0 aliphatic carbocycles. The largest absolute Gasteiger partial charge is 0.382 e. The van der Waals surface area contributed by atoms with Crippen molar-refractivity contribution >= 4 is 0 Å². The molecule has 1 unspecified atom stereocenters. The van der Waals surface area contributed by atoms with E-state index in [4.69, 9.17) is 4.74 Å². The van der Waals surface area contributed by atoms with Crippen molar-refractivity contribution in [3.8, 4) is 0 Å². The topological polar surface area (TPSA) is 21.3 Å². The zero-order chi connectivity index (χ0) is 11.0. The Morgan fingerprint density at radius 3 is 2.50 bits per heavy atom. The molecule has 0 bridgehead atoms. The van der Waals surface area contributed by atoms with Gasteiger partial charge in [0, 0.05) is 19.3 Å². The Labute approximate surface area is 89.4 Å². The number of ether oxygens (including phenoxy) is 1. The SMILES string of the molecule is CCOCCCC(C)(C)CC(C)NC. The Hall–Kier alpha value is -0.0800. The van der Waals surface area contributed by atoms with Gasteiger partial charge in [-0.1, -0.05) is 13.8 Å². The first-order valence-corrected chi connectivity index (χ1v) is 5.77. The minimum absolute atomic E-state index is 0.430. The highest BCUT2D eigenvalue weighted by atomic mass is 16.5. The van der Waals surface area contributed by atoms with Crippen LogP contribution in [0, 0.1) is 5.41 Å². The van der Waals surface area contributed by atoms with Gasteiger partial charge in [0.1, 0.15) is 0 Å². The average Bonchev–Trinajstić information content (AvgIpc) is 2.12. The molecule has 0 aliphatic heterocycles. The normalized spacial score (nSPS) is 14.4. The van der Waals surface area contributed by atoms with Crippen molar-refractivity contribution in [1.82, 2.24) is 5.32 Å². The van der Waals surface area contributed by atoms with Crippen molar-refractivity contribution in [2.24, 2.45) is 5.41 Å². The summed E-state index contributed by atoms with van der Waals surface area (Å²) in [5, 5.41) is 3.29. The summed E-state index contributed by atoms with van der Waals surface area (Å²) < 4.78 is 5.34. The fourth-order valence-electron chi connectivity index (χ4n) is 1.83. The molecule has 86 valence electrons. The summed E-state index contributed by atoms with van der Waals surface area (Å²) in [6, 6.07) is 0.608. The molecule has 0 saturated heterocycles. The molecule has 0 fully saturated rings. The maximum Gasteiger partial charge on any atom is 0.0466 e. The van der Waals surface area contributed by atoms with Gasteiger partial charge in [-0.05, 0) is 45.6 Å². The number of hydrogen-bond donors (Lipinski definition) is 1. The molecule has 0 saturated carbocycles. The van der Waals surface area contributed by atoms with Crippen LogP contribution in [0.5, 0.6) is 0 Å². The van der Waals surface area contributed by atoms with E-state index in [9.17, 15) is 0 Å². The van der Waals surface area contributed by atoms with Crippen LogP contribution in [0.2, 0.25) is 0 Å². The Morgan fingerprint density at radius 1 is 1.36 bits per heavy atom. The van der Waals surface area contributed by atoms with E-state index in [1.807, 2.05) is 14.0 Å². The second-order valence-corrected chi connectivity index (χ2v) is 4.86. The lowest BCUT2D eigenvalue weighted by atomic mass is 9.82. The highest BCUT2D eigenvalue weighted by Crippen LogP contribution is 2.28. The van der Waals surface area contributed by atoms with E-state index in [0.29, 0.717) is 11.5 Å². The molecule has 0 aromatic rings. The molecular weight excluding hydrogens is 174 g/mol. The van der Waals surface area contributed by atoms with Gasteiger partial charge in [-0.25, -0.2) is 0 Å². The van der Waals surface area contributed by atoms with Gasteiger partial charge in [-0.3, -0.25) is 0 Å². The smallest absolute Gasteiger partial charge is 0.0466 e. The van der Waals surface area contributed by atoms with E-state index >= 15 is 0 Å². The molecule has 0 radical (unpaired) electrons. The predicted molar refractivity (Wildman–Crippen MR) is 62.6 cm³/mol. The maximum absolute atomic E-state index is 5.34. The standard InChI is InChI=1S/C12H27NO/c1-6-14-9-7-8-12(3,4)10-11(2)13-5/h11,13H,6-10H2,1-5H3. The highest BCUT2D eigenvalue weighted by molar-refractivity contribution is 4.74. The highest BCUT2D eigenvalue weighted by Gasteiger charge is 2.19. The molecule has 2 heteroatoms. The molecule has 0 aromatic carbocycles. The first kappa shape index (κ1) is 13.9. The van der Waals surface area contributed by atoms with Crippen LogP contribution in [-0.4, -0.2) is 26.3 Å². The lowest BCUT2D eigenvalue weighted by molar-refractivity contribution is 0.129. The summed E-state index contributed by atoms with van der Waals surface area (Å²) in [5.41, 5.74) is 0.430. The molecule has 0 aliphatic rings. The zero-order valence-corrected chi connectivity index (χ0v) is 10.5. The fourth-order valence-corrected chi connectivity index (χ4v) is 1.83. The van der Waals surface area contributed by atoms with Gasteiger partial charge in [-0.15, -0.1) is 0 Å². The van der Waals surface area contributed by atoms with E-state index in [1.54, 1.807) is 0 Å². The van der Waals surface area contributed by atoms with Crippen LogP contribution in [0.3, 0.4) is 0 Å². The molecule has 0 aromatic heterocycles. The first-order chi connectivity index (χ1) is 6.52. The summed E-state index contributed by atoms with van der Waals surface area (Å²) in [7, 11) is 2.03. The van der Waals surface area contributed by atoms with Crippen LogP contribution in [-0.2, 0) is 4.74 Å². The van der Waals surface area contributed by atoms with E-state index in [1.165, 1.54) is 19.3 Å². The van der Waals surface area contributed by atoms with Crippen molar-refractivity contribution in [3.63, 3.8) is 0 Å². The third-order valence-corrected chi connectivity index (χ3v) is 2.70. The summed E-state index contributed by atoms with van der Waals surface area (Å²) in [4.78, 5) is 0. The quantitative estimate of drug-likeness (QED) is 0.610. The molecular formula is C12H27NO. The van der Waals surface area contributed by atoms with Gasteiger partial charge in [-0.2, -0.15) is 0 Å². The van der Waals surface area contributed by atoms with Crippen molar-refractivity contribution in [2.75, 3.05) is 20.3 Å². The molecule has 0 amide bonds. The van der Waals surface area contributed by atoms with Gasteiger partial charge < -0.3 is 10.1 Å². The van der Waals surface area contributed by atoms with Crippen LogP contribution >= 0.6 is 0 Å². The Morgan fingerprint density at radius 2 is 2.00 bits per heavy atom. The van der Waals surface area contributed by atoms with Crippen molar-refractivity contribution in [2.45, 2.75) is 53.0 Å². The van der Waals surface area contributed by atoms with Crippen LogP contribution in [0.1, 0.15) is 47.0 Å². The fraction of sp³-hybridized carbons (Fsp3) is 1.00. The summed E-state index contributed by atoms with van der Waals surface area (Å²) in [5.74, 6) is 0. The van der Waals surface area contributed by atoms with Crippen LogP contribution < -0.4 is 5.32 Å². The summed E-state index contributed by atoms with van der Waals surface area (Å²) >= 11 is 0. The van der Waals surface area contributed by atoms with Gasteiger partial charge in [0.05, 0.1) is 0 Å².